The number of rotatable bonds is 7. The third-order valence-corrected chi connectivity index (χ3v) is 3.59. The van der Waals surface area contributed by atoms with E-state index in [1.807, 2.05) is 25.2 Å². The molecule has 1 unspecified atom stereocenters. The van der Waals surface area contributed by atoms with E-state index in [4.69, 9.17) is 9.47 Å². The summed E-state index contributed by atoms with van der Waals surface area (Å²) in [5, 5.41) is 3.14. The van der Waals surface area contributed by atoms with Crippen LogP contribution in [0.3, 0.4) is 0 Å². The van der Waals surface area contributed by atoms with Gasteiger partial charge in [-0.25, -0.2) is 0 Å². The van der Waals surface area contributed by atoms with E-state index in [1.165, 1.54) is 0 Å². The monoisotopic (exact) mass is 292 g/mol. The number of hydrogen-bond donors (Lipinski definition) is 1. The highest BCUT2D eigenvalue weighted by Gasteiger charge is 2.19. The molecule has 0 spiro atoms. The number of morpholine rings is 1. The van der Waals surface area contributed by atoms with Gasteiger partial charge in [-0.2, -0.15) is 0 Å². The zero-order valence-corrected chi connectivity index (χ0v) is 12.8. The van der Waals surface area contributed by atoms with Crippen LogP contribution in [-0.4, -0.2) is 63.2 Å². The first-order chi connectivity index (χ1) is 10.2. The van der Waals surface area contributed by atoms with Crippen molar-refractivity contribution in [2.45, 2.75) is 13.0 Å². The molecule has 1 aromatic rings. The normalized spacial score (nSPS) is 19.4. The summed E-state index contributed by atoms with van der Waals surface area (Å²) in [5.41, 5.74) is 0.646. The number of likely N-dealkylation sites (N-methyl/N-ethyl adjacent to an activating group) is 1. The van der Waals surface area contributed by atoms with Crippen LogP contribution in [0.25, 0.3) is 0 Å². The van der Waals surface area contributed by atoms with Crippen molar-refractivity contribution in [1.29, 1.82) is 0 Å². The first-order valence-corrected chi connectivity index (χ1v) is 7.42. The SMILES string of the molecule is CNCC1CN(CCOc2ccccc2C(C)=O)CCO1. The molecule has 0 aliphatic carbocycles. The number of benzene rings is 1. The smallest absolute Gasteiger partial charge is 0.163 e. The molecule has 1 heterocycles. The molecular formula is C16H24N2O3. The van der Waals surface area contributed by atoms with Gasteiger partial charge in [0.05, 0.1) is 18.3 Å². The van der Waals surface area contributed by atoms with E-state index in [1.54, 1.807) is 13.0 Å². The summed E-state index contributed by atoms with van der Waals surface area (Å²) in [6.45, 7) is 6.45. The van der Waals surface area contributed by atoms with Crippen LogP contribution in [0.2, 0.25) is 0 Å². The number of Topliss-reactive ketones (excluding diaryl/α,β-unsaturated/α-hetero) is 1. The number of nitrogens with one attached hydrogen (secondary N) is 1. The molecule has 1 aliphatic rings. The molecule has 5 nitrogen and oxygen atoms in total. The van der Waals surface area contributed by atoms with Crippen molar-refractivity contribution in [1.82, 2.24) is 10.2 Å². The van der Waals surface area contributed by atoms with Gasteiger partial charge in [-0.15, -0.1) is 0 Å². The standard InChI is InChI=1S/C16H24N2O3/c1-13(19)15-5-3-4-6-16(15)21-10-8-18-7-9-20-14(12-18)11-17-2/h3-6,14,17H,7-12H2,1-2H3. The summed E-state index contributed by atoms with van der Waals surface area (Å²) in [7, 11) is 1.93. The fourth-order valence-corrected chi connectivity index (χ4v) is 2.50. The van der Waals surface area contributed by atoms with Gasteiger partial charge >= 0.3 is 0 Å². The molecule has 1 atom stereocenters. The van der Waals surface area contributed by atoms with Crippen molar-refractivity contribution < 1.29 is 14.3 Å². The van der Waals surface area contributed by atoms with Gasteiger partial charge < -0.3 is 14.8 Å². The maximum Gasteiger partial charge on any atom is 0.163 e. The van der Waals surface area contributed by atoms with Crippen LogP contribution in [0.15, 0.2) is 24.3 Å². The van der Waals surface area contributed by atoms with Gasteiger partial charge in [-0.1, -0.05) is 12.1 Å². The zero-order chi connectivity index (χ0) is 15.1. The summed E-state index contributed by atoms with van der Waals surface area (Å²) in [4.78, 5) is 13.9. The molecule has 1 fully saturated rings. The van der Waals surface area contributed by atoms with Crippen LogP contribution in [0, 0.1) is 0 Å². The van der Waals surface area contributed by atoms with E-state index < -0.39 is 0 Å². The molecular weight excluding hydrogens is 268 g/mol. The summed E-state index contributed by atoms with van der Waals surface area (Å²) >= 11 is 0. The fourth-order valence-electron chi connectivity index (χ4n) is 2.50. The van der Waals surface area contributed by atoms with Gasteiger partial charge in [0.2, 0.25) is 0 Å². The van der Waals surface area contributed by atoms with Crippen LogP contribution in [-0.2, 0) is 4.74 Å². The molecule has 0 radical (unpaired) electrons. The quantitative estimate of drug-likeness (QED) is 0.765. The van der Waals surface area contributed by atoms with Gasteiger partial charge in [0.15, 0.2) is 5.78 Å². The molecule has 1 N–H and O–H groups in total. The maximum absolute atomic E-state index is 11.5. The minimum Gasteiger partial charge on any atom is -0.491 e. The molecule has 0 bridgehead atoms. The fraction of sp³-hybridized carbons (Fsp3) is 0.562. The Kier molecular flexibility index (Phi) is 6.17. The van der Waals surface area contributed by atoms with Crippen molar-refractivity contribution in [3.05, 3.63) is 29.8 Å². The predicted octanol–water partition coefficient (Wildman–Crippen LogP) is 1.19. The Balaban J connectivity index is 1.80. The Morgan fingerprint density at radius 1 is 1.48 bits per heavy atom. The highest BCUT2D eigenvalue weighted by atomic mass is 16.5. The van der Waals surface area contributed by atoms with Crippen LogP contribution >= 0.6 is 0 Å². The third kappa shape index (κ3) is 4.81. The lowest BCUT2D eigenvalue weighted by Crippen LogP contribution is -2.47. The molecule has 2 rings (SSSR count). The lowest BCUT2D eigenvalue weighted by molar-refractivity contribution is -0.0292. The number of carbonyl (C=O) groups excluding carboxylic acids is 1. The minimum absolute atomic E-state index is 0.0334. The predicted molar refractivity (Wildman–Crippen MR) is 82.0 cm³/mol. The Bertz CT molecular complexity index is 463. The average molecular weight is 292 g/mol. The van der Waals surface area contributed by atoms with Gasteiger partial charge in [-0.3, -0.25) is 9.69 Å². The van der Waals surface area contributed by atoms with Crippen LogP contribution < -0.4 is 10.1 Å². The topological polar surface area (TPSA) is 50.8 Å². The Hall–Kier alpha value is -1.43. The molecule has 1 saturated heterocycles. The average Bonchev–Trinajstić information content (AvgIpc) is 2.48. The lowest BCUT2D eigenvalue weighted by Gasteiger charge is -2.32. The maximum atomic E-state index is 11.5. The number of nitrogens with zero attached hydrogens (tertiary/aromatic N) is 1. The van der Waals surface area contributed by atoms with Gasteiger partial charge in [-0.05, 0) is 26.1 Å². The second-order valence-corrected chi connectivity index (χ2v) is 5.25. The van der Waals surface area contributed by atoms with Gasteiger partial charge in [0.1, 0.15) is 12.4 Å². The summed E-state index contributed by atoms with van der Waals surface area (Å²) in [6, 6.07) is 7.39. The van der Waals surface area contributed by atoms with E-state index in [0.29, 0.717) is 17.9 Å². The van der Waals surface area contributed by atoms with E-state index in [2.05, 4.69) is 10.2 Å². The zero-order valence-electron chi connectivity index (χ0n) is 12.8. The van der Waals surface area contributed by atoms with Crippen LogP contribution in [0.5, 0.6) is 5.75 Å². The minimum atomic E-state index is 0.0334. The molecule has 21 heavy (non-hydrogen) atoms. The van der Waals surface area contributed by atoms with Crippen molar-refractivity contribution in [2.75, 3.05) is 46.4 Å². The summed E-state index contributed by atoms with van der Waals surface area (Å²) < 4.78 is 11.5. The lowest BCUT2D eigenvalue weighted by atomic mass is 10.1. The highest BCUT2D eigenvalue weighted by molar-refractivity contribution is 5.96. The first kappa shape index (κ1) is 15.9. The van der Waals surface area contributed by atoms with E-state index in [0.717, 1.165) is 32.8 Å². The third-order valence-electron chi connectivity index (χ3n) is 3.59. The Morgan fingerprint density at radius 2 is 2.29 bits per heavy atom. The Morgan fingerprint density at radius 3 is 3.05 bits per heavy atom. The van der Waals surface area contributed by atoms with Crippen molar-refractivity contribution >= 4 is 5.78 Å². The van der Waals surface area contributed by atoms with Crippen LogP contribution in [0.4, 0.5) is 0 Å². The number of para-hydroxylation sites is 1. The Labute approximate surface area is 126 Å². The van der Waals surface area contributed by atoms with Gasteiger partial charge in [0, 0.05) is 26.2 Å². The molecule has 1 aliphatic heterocycles. The molecule has 0 amide bonds. The van der Waals surface area contributed by atoms with E-state index in [-0.39, 0.29) is 11.9 Å². The van der Waals surface area contributed by atoms with Crippen LogP contribution in [0.1, 0.15) is 17.3 Å². The van der Waals surface area contributed by atoms with E-state index >= 15 is 0 Å². The molecule has 1 aromatic carbocycles. The van der Waals surface area contributed by atoms with Crippen molar-refractivity contribution in [3.63, 3.8) is 0 Å². The molecule has 0 aromatic heterocycles. The van der Waals surface area contributed by atoms with Crippen molar-refractivity contribution in [3.8, 4) is 5.75 Å². The second-order valence-electron chi connectivity index (χ2n) is 5.25. The molecule has 5 heteroatoms. The number of hydrogen-bond acceptors (Lipinski definition) is 5. The van der Waals surface area contributed by atoms with Crippen molar-refractivity contribution in [2.24, 2.45) is 0 Å². The van der Waals surface area contributed by atoms with E-state index in [9.17, 15) is 4.79 Å². The van der Waals surface area contributed by atoms with Gasteiger partial charge in [0.25, 0.3) is 0 Å². The largest absolute Gasteiger partial charge is 0.491 e. The summed E-state index contributed by atoms with van der Waals surface area (Å²) in [5.74, 6) is 0.705. The number of carbonyl (C=O) groups is 1. The summed E-state index contributed by atoms with van der Waals surface area (Å²) in [6.07, 6.45) is 0.244. The number of ether oxygens (including phenoxy) is 2. The molecule has 116 valence electrons. The first-order valence-electron chi connectivity index (χ1n) is 7.42. The second kappa shape index (κ2) is 8.12. The number of ketones is 1. The molecule has 0 saturated carbocycles. The highest BCUT2D eigenvalue weighted by Crippen LogP contribution is 2.18.